The molecule has 0 saturated carbocycles. The van der Waals surface area contributed by atoms with Gasteiger partial charge in [0, 0.05) is 16.7 Å². The maximum Gasteiger partial charge on any atom is 0.344 e. The number of aromatic nitrogens is 2. The van der Waals surface area contributed by atoms with Crippen molar-refractivity contribution in [1.82, 2.24) is 9.66 Å². The van der Waals surface area contributed by atoms with Crippen molar-refractivity contribution in [2.75, 3.05) is 27.4 Å². The van der Waals surface area contributed by atoms with E-state index in [4.69, 9.17) is 39.9 Å². The smallest absolute Gasteiger partial charge is 0.344 e. The highest BCUT2D eigenvalue weighted by atomic mass is 35.5. The molecule has 0 spiro atoms. The number of esters is 1. The summed E-state index contributed by atoms with van der Waals surface area (Å²) in [5.74, 6) is 0.996. The number of hydrogen-bond acceptors (Lipinski definition) is 9. The zero-order chi connectivity index (χ0) is 28.2. The van der Waals surface area contributed by atoms with Gasteiger partial charge in [0.15, 0.2) is 23.9 Å². The number of ether oxygens (including phenoxy) is 4. The van der Waals surface area contributed by atoms with Gasteiger partial charge in [-0.05, 0) is 43.3 Å². The zero-order valence-corrected chi connectivity index (χ0v) is 22.6. The van der Waals surface area contributed by atoms with E-state index in [2.05, 4.69) is 5.10 Å². The fourth-order valence-electron chi connectivity index (χ4n) is 4.16. The van der Waals surface area contributed by atoms with Gasteiger partial charge in [0.1, 0.15) is 11.3 Å². The number of carbonyl (C=O) groups is 1. The SMILES string of the molecule is CCOC(=O)COc1c(C=Nn2c(-c3cc4c(OC)cccc4o3)nc3ccccc3c2=O)cc(Cl)cc1OC. The first kappa shape index (κ1) is 26.8. The summed E-state index contributed by atoms with van der Waals surface area (Å²) in [5.41, 5.74) is 0.962. The summed E-state index contributed by atoms with van der Waals surface area (Å²) in [6.45, 7) is 1.54. The Bertz CT molecular complexity index is 1810. The molecule has 204 valence electrons. The maximum absolute atomic E-state index is 13.6. The van der Waals surface area contributed by atoms with E-state index >= 15 is 0 Å². The molecular formula is C29H24ClN3O7. The van der Waals surface area contributed by atoms with E-state index in [0.29, 0.717) is 44.0 Å². The molecule has 3 aromatic carbocycles. The minimum absolute atomic E-state index is 0.168. The van der Waals surface area contributed by atoms with Crippen LogP contribution in [0.3, 0.4) is 0 Å². The lowest BCUT2D eigenvalue weighted by atomic mass is 10.2. The number of fused-ring (bicyclic) bond motifs is 2. The van der Waals surface area contributed by atoms with E-state index in [1.165, 1.54) is 19.4 Å². The summed E-state index contributed by atoms with van der Waals surface area (Å²) in [7, 11) is 3.01. The van der Waals surface area contributed by atoms with Crippen molar-refractivity contribution in [1.29, 1.82) is 0 Å². The van der Waals surface area contributed by atoms with E-state index in [0.717, 1.165) is 4.68 Å². The molecular weight excluding hydrogens is 538 g/mol. The molecule has 2 heterocycles. The van der Waals surface area contributed by atoms with Crippen molar-refractivity contribution in [3.8, 4) is 28.8 Å². The zero-order valence-electron chi connectivity index (χ0n) is 21.8. The molecule has 10 nitrogen and oxygen atoms in total. The monoisotopic (exact) mass is 561 g/mol. The highest BCUT2D eigenvalue weighted by Crippen LogP contribution is 2.35. The van der Waals surface area contributed by atoms with Gasteiger partial charge in [-0.3, -0.25) is 4.79 Å². The third-order valence-corrected chi connectivity index (χ3v) is 6.15. The van der Waals surface area contributed by atoms with E-state index in [-0.39, 0.29) is 30.5 Å². The number of halogens is 1. The first-order chi connectivity index (χ1) is 19.4. The molecule has 0 aliphatic rings. The lowest BCUT2D eigenvalue weighted by molar-refractivity contribution is -0.145. The average molecular weight is 562 g/mol. The number of methoxy groups -OCH3 is 2. The normalized spacial score (nSPS) is 11.3. The minimum Gasteiger partial charge on any atom is -0.496 e. The molecule has 0 amide bonds. The van der Waals surface area contributed by atoms with Crippen LogP contribution in [0.5, 0.6) is 17.2 Å². The Morgan fingerprint density at radius 2 is 1.85 bits per heavy atom. The number of benzene rings is 3. The van der Waals surface area contributed by atoms with Crippen molar-refractivity contribution >= 4 is 45.7 Å². The van der Waals surface area contributed by atoms with Gasteiger partial charge < -0.3 is 23.4 Å². The van der Waals surface area contributed by atoms with Crippen LogP contribution in [-0.4, -0.2) is 49.3 Å². The summed E-state index contributed by atoms with van der Waals surface area (Å²) in [5, 5.41) is 5.88. The van der Waals surface area contributed by atoms with Crippen LogP contribution in [-0.2, 0) is 9.53 Å². The molecule has 40 heavy (non-hydrogen) atoms. The van der Waals surface area contributed by atoms with E-state index in [1.807, 2.05) is 6.07 Å². The second-order valence-electron chi connectivity index (χ2n) is 8.42. The van der Waals surface area contributed by atoms with Crippen molar-refractivity contribution in [3.05, 3.63) is 81.6 Å². The third kappa shape index (κ3) is 5.21. The Kier molecular flexibility index (Phi) is 7.70. The first-order valence-corrected chi connectivity index (χ1v) is 12.6. The molecule has 0 fully saturated rings. The van der Waals surface area contributed by atoms with E-state index in [1.54, 1.807) is 62.6 Å². The molecule has 5 aromatic rings. The van der Waals surface area contributed by atoms with Crippen LogP contribution in [0.15, 0.2) is 75.0 Å². The summed E-state index contributed by atoms with van der Waals surface area (Å²) >= 11 is 6.31. The summed E-state index contributed by atoms with van der Waals surface area (Å²) < 4.78 is 28.7. The largest absolute Gasteiger partial charge is 0.496 e. The van der Waals surface area contributed by atoms with Crippen LogP contribution < -0.4 is 19.8 Å². The molecule has 0 saturated heterocycles. The van der Waals surface area contributed by atoms with Gasteiger partial charge in [-0.2, -0.15) is 9.78 Å². The van der Waals surface area contributed by atoms with Crippen molar-refractivity contribution in [2.24, 2.45) is 5.10 Å². The molecule has 0 aliphatic carbocycles. The Morgan fingerprint density at radius 3 is 2.62 bits per heavy atom. The van der Waals surface area contributed by atoms with Crippen molar-refractivity contribution in [3.63, 3.8) is 0 Å². The van der Waals surface area contributed by atoms with Gasteiger partial charge in [0.05, 0.1) is 43.3 Å². The van der Waals surface area contributed by atoms with Gasteiger partial charge in [-0.15, -0.1) is 0 Å². The van der Waals surface area contributed by atoms with E-state index in [9.17, 15) is 9.59 Å². The fraction of sp³-hybridized carbons (Fsp3) is 0.172. The Balaban J connectivity index is 1.67. The topological polar surface area (TPSA) is 114 Å². The predicted octanol–water partition coefficient (Wildman–Crippen LogP) is 5.30. The van der Waals surface area contributed by atoms with Crippen molar-refractivity contribution < 1.29 is 28.2 Å². The second-order valence-corrected chi connectivity index (χ2v) is 8.85. The number of hydrogen-bond donors (Lipinski definition) is 0. The minimum atomic E-state index is -0.556. The molecule has 2 aromatic heterocycles. The standard InChI is InChI=1S/C29H24ClN3O7/c1-4-38-26(34)16-39-27-17(12-18(30)13-24(27)37-3)15-31-33-28(32-21-9-6-5-8-19(21)29(33)35)25-14-20-22(36-2)10-7-11-23(20)40-25/h5-15H,4,16H2,1-3H3. The van der Waals surface area contributed by atoms with Gasteiger partial charge in [0.2, 0.25) is 5.82 Å². The number of rotatable bonds is 9. The first-order valence-electron chi connectivity index (χ1n) is 12.2. The Hall–Kier alpha value is -4.83. The highest BCUT2D eigenvalue weighted by Gasteiger charge is 2.19. The van der Waals surface area contributed by atoms with E-state index < -0.39 is 11.5 Å². The van der Waals surface area contributed by atoms with Crippen LogP contribution in [0.1, 0.15) is 12.5 Å². The van der Waals surface area contributed by atoms with Gasteiger partial charge in [-0.25, -0.2) is 9.78 Å². The molecule has 11 heteroatoms. The van der Waals surface area contributed by atoms with Crippen molar-refractivity contribution in [2.45, 2.75) is 6.92 Å². The molecule has 0 aliphatic heterocycles. The van der Waals surface area contributed by atoms with Crippen LogP contribution in [0.2, 0.25) is 5.02 Å². The molecule has 0 radical (unpaired) electrons. The lowest BCUT2D eigenvalue weighted by Crippen LogP contribution is -2.20. The summed E-state index contributed by atoms with van der Waals surface area (Å²) in [6.07, 6.45) is 1.37. The van der Waals surface area contributed by atoms with Gasteiger partial charge in [0.25, 0.3) is 5.56 Å². The summed E-state index contributed by atoms with van der Waals surface area (Å²) in [4.78, 5) is 30.3. The molecule has 0 bridgehead atoms. The fourth-order valence-corrected chi connectivity index (χ4v) is 4.37. The summed E-state index contributed by atoms with van der Waals surface area (Å²) in [6, 6.07) is 17.2. The molecule has 0 unspecified atom stereocenters. The van der Waals surface area contributed by atoms with Gasteiger partial charge >= 0.3 is 5.97 Å². The molecule has 0 N–H and O–H groups in total. The van der Waals surface area contributed by atoms with Crippen LogP contribution >= 0.6 is 11.6 Å². The number of para-hydroxylation sites is 1. The second kappa shape index (κ2) is 11.5. The quantitative estimate of drug-likeness (QED) is 0.176. The predicted molar refractivity (Wildman–Crippen MR) is 151 cm³/mol. The van der Waals surface area contributed by atoms with Crippen LogP contribution in [0.4, 0.5) is 0 Å². The number of nitrogens with zero attached hydrogens (tertiary/aromatic N) is 3. The van der Waals surface area contributed by atoms with Crippen LogP contribution in [0.25, 0.3) is 33.5 Å². The Morgan fingerprint density at radius 1 is 1.05 bits per heavy atom. The number of furan rings is 1. The lowest BCUT2D eigenvalue weighted by Gasteiger charge is -2.13. The average Bonchev–Trinajstić information content (AvgIpc) is 3.40. The van der Waals surface area contributed by atoms with Crippen LogP contribution in [0, 0.1) is 0 Å². The third-order valence-electron chi connectivity index (χ3n) is 5.94. The maximum atomic E-state index is 13.6. The molecule has 0 atom stereocenters. The Labute approximate surface area is 233 Å². The number of carbonyl (C=O) groups excluding carboxylic acids is 1. The molecule has 5 rings (SSSR count). The highest BCUT2D eigenvalue weighted by molar-refractivity contribution is 6.31. The van der Waals surface area contributed by atoms with Gasteiger partial charge in [-0.1, -0.05) is 29.8 Å².